The Hall–Kier alpha value is -2.79. The fraction of sp³-hybridized carbons (Fsp3) is 0.522. The average Bonchev–Trinajstić information content (AvgIpc) is 2.82. The smallest absolute Gasteiger partial charge is 0.253 e. The van der Waals surface area contributed by atoms with Gasteiger partial charge < -0.3 is 14.4 Å². The molecule has 184 valence electrons. The van der Waals surface area contributed by atoms with Gasteiger partial charge in [0.25, 0.3) is 5.91 Å². The normalized spacial score (nSPS) is 18.6. The highest BCUT2D eigenvalue weighted by molar-refractivity contribution is 7.88. The summed E-state index contributed by atoms with van der Waals surface area (Å²) in [5.41, 5.74) is 1.16. The summed E-state index contributed by atoms with van der Waals surface area (Å²) in [7, 11) is -3.19. The molecule has 34 heavy (non-hydrogen) atoms. The SMILES string of the molecule is Cc1c(OC2CCN(C(=O)c3ccc(F)cc3)CC2)ncnc1OC1CCN(S(C)(=O)=O)CC1. The van der Waals surface area contributed by atoms with Gasteiger partial charge in [-0.2, -0.15) is 0 Å². The van der Waals surface area contributed by atoms with Crippen molar-refractivity contribution in [3.8, 4) is 11.8 Å². The van der Waals surface area contributed by atoms with Crippen LogP contribution in [0, 0.1) is 12.7 Å². The number of halogens is 1. The van der Waals surface area contributed by atoms with E-state index < -0.39 is 10.0 Å². The minimum Gasteiger partial charge on any atom is -0.474 e. The molecule has 2 fully saturated rings. The van der Waals surface area contributed by atoms with E-state index in [2.05, 4.69) is 9.97 Å². The predicted molar refractivity (Wildman–Crippen MR) is 123 cm³/mol. The molecule has 2 aromatic rings. The zero-order valence-corrected chi connectivity index (χ0v) is 20.1. The summed E-state index contributed by atoms with van der Waals surface area (Å²) in [6.07, 6.45) is 4.87. The lowest BCUT2D eigenvalue weighted by Crippen LogP contribution is -2.42. The van der Waals surface area contributed by atoms with Crippen LogP contribution in [-0.4, -0.2) is 78.1 Å². The van der Waals surface area contributed by atoms with Gasteiger partial charge in [-0.25, -0.2) is 27.1 Å². The number of carbonyl (C=O) groups is 1. The first-order valence-corrected chi connectivity index (χ1v) is 13.2. The van der Waals surface area contributed by atoms with Crippen molar-refractivity contribution in [2.75, 3.05) is 32.4 Å². The third kappa shape index (κ3) is 5.82. The Morgan fingerprint density at radius 3 is 1.94 bits per heavy atom. The highest BCUT2D eigenvalue weighted by Crippen LogP contribution is 2.28. The molecule has 0 aliphatic carbocycles. The molecule has 1 amide bonds. The van der Waals surface area contributed by atoms with E-state index in [1.165, 1.54) is 41.2 Å². The fourth-order valence-corrected chi connectivity index (χ4v) is 5.08. The highest BCUT2D eigenvalue weighted by Gasteiger charge is 2.28. The molecule has 4 rings (SSSR count). The van der Waals surface area contributed by atoms with E-state index in [1.807, 2.05) is 6.92 Å². The molecule has 0 bridgehead atoms. The number of rotatable bonds is 6. The van der Waals surface area contributed by atoms with E-state index in [4.69, 9.17) is 9.47 Å². The number of amides is 1. The van der Waals surface area contributed by atoms with Crippen LogP contribution in [-0.2, 0) is 10.0 Å². The second-order valence-electron chi connectivity index (χ2n) is 8.70. The second-order valence-corrected chi connectivity index (χ2v) is 10.7. The number of benzene rings is 1. The number of carbonyl (C=O) groups excluding carboxylic acids is 1. The number of aromatic nitrogens is 2. The number of piperidine rings is 2. The van der Waals surface area contributed by atoms with E-state index in [-0.39, 0.29) is 23.9 Å². The van der Waals surface area contributed by atoms with Crippen molar-refractivity contribution >= 4 is 15.9 Å². The molecule has 0 N–H and O–H groups in total. The summed E-state index contributed by atoms with van der Waals surface area (Å²) in [6.45, 7) is 3.75. The molecule has 0 atom stereocenters. The average molecular weight is 493 g/mol. The number of hydrogen-bond donors (Lipinski definition) is 0. The van der Waals surface area contributed by atoms with E-state index in [1.54, 1.807) is 4.90 Å². The molecule has 0 radical (unpaired) electrons. The molecule has 1 aromatic heterocycles. The van der Waals surface area contributed by atoms with Gasteiger partial charge in [0.2, 0.25) is 21.8 Å². The van der Waals surface area contributed by atoms with Gasteiger partial charge in [0.05, 0.1) is 11.8 Å². The number of hydrogen-bond acceptors (Lipinski definition) is 7. The van der Waals surface area contributed by atoms with Crippen molar-refractivity contribution in [3.05, 3.63) is 47.5 Å². The van der Waals surface area contributed by atoms with Gasteiger partial charge in [-0.1, -0.05) is 0 Å². The van der Waals surface area contributed by atoms with Gasteiger partial charge in [0.1, 0.15) is 24.4 Å². The molecule has 3 heterocycles. The summed E-state index contributed by atoms with van der Waals surface area (Å²) in [6, 6.07) is 5.57. The van der Waals surface area contributed by atoms with E-state index in [9.17, 15) is 17.6 Å². The van der Waals surface area contributed by atoms with Crippen LogP contribution in [0.5, 0.6) is 11.8 Å². The van der Waals surface area contributed by atoms with Crippen LogP contribution >= 0.6 is 0 Å². The fourth-order valence-electron chi connectivity index (χ4n) is 4.21. The zero-order chi connectivity index (χ0) is 24.3. The Bertz CT molecular complexity index is 1110. The van der Waals surface area contributed by atoms with Crippen LogP contribution in [0.1, 0.15) is 41.6 Å². The standard InChI is InChI=1S/C23H29FN4O5S/c1-16-21(25-15-26-22(16)33-20-9-13-28(14-10-20)34(2,30)31)32-19-7-11-27(12-8-19)23(29)17-3-5-18(24)6-4-17/h3-6,15,19-20H,7-14H2,1-2H3. The summed E-state index contributed by atoms with van der Waals surface area (Å²) in [5.74, 6) is 0.398. The predicted octanol–water partition coefficient (Wildman–Crippen LogP) is 2.41. The molecule has 2 aliphatic rings. The monoisotopic (exact) mass is 492 g/mol. The number of sulfonamides is 1. The maximum atomic E-state index is 13.1. The van der Waals surface area contributed by atoms with Gasteiger partial charge in [0.15, 0.2) is 0 Å². The minimum absolute atomic E-state index is 0.100. The number of likely N-dealkylation sites (tertiary alicyclic amines) is 1. The third-order valence-electron chi connectivity index (χ3n) is 6.24. The molecule has 0 spiro atoms. The molecule has 11 heteroatoms. The van der Waals surface area contributed by atoms with Gasteiger partial charge in [0, 0.05) is 44.6 Å². The lowest BCUT2D eigenvalue weighted by molar-refractivity contribution is 0.0584. The first-order valence-electron chi connectivity index (χ1n) is 11.4. The Labute approximate surface area is 198 Å². The van der Waals surface area contributed by atoms with Gasteiger partial charge in [-0.15, -0.1) is 0 Å². The Morgan fingerprint density at radius 2 is 1.44 bits per heavy atom. The van der Waals surface area contributed by atoms with Crippen LogP contribution < -0.4 is 9.47 Å². The molecule has 1 aromatic carbocycles. The van der Waals surface area contributed by atoms with Crippen LogP contribution in [0.15, 0.2) is 30.6 Å². The number of nitrogens with zero attached hydrogens (tertiary/aromatic N) is 4. The Balaban J connectivity index is 1.31. The van der Waals surface area contributed by atoms with E-state index in [0.717, 1.165) is 0 Å². The maximum absolute atomic E-state index is 13.1. The Kier molecular flexibility index (Phi) is 7.32. The van der Waals surface area contributed by atoms with Crippen molar-refractivity contribution in [2.24, 2.45) is 0 Å². The lowest BCUT2D eigenvalue weighted by atomic mass is 10.1. The third-order valence-corrected chi connectivity index (χ3v) is 7.54. The van der Waals surface area contributed by atoms with Crippen molar-refractivity contribution in [3.63, 3.8) is 0 Å². The largest absolute Gasteiger partial charge is 0.474 e. The summed E-state index contributed by atoms with van der Waals surface area (Å²) in [5, 5.41) is 0. The topological polar surface area (TPSA) is 102 Å². The summed E-state index contributed by atoms with van der Waals surface area (Å²) < 4.78 is 50.1. The van der Waals surface area contributed by atoms with Crippen molar-refractivity contribution < 1.29 is 27.1 Å². The maximum Gasteiger partial charge on any atom is 0.253 e. The van der Waals surface area contributed by atoms with Crippen molar-refractivity contribution in [1.29, 1.82) is 0 Å². The Morgan fingerprint density at radius 1 is 0.941 bits per heavy atom. The number of ether oxygens (including phenoxy) is 2. The van der Waals surface area contributed by atoms with Crippen molar-refractivity contribution in [1.82, 2.24) is 19.2 Å². The molecule has 9 nitrogen and oxygen atoms in total. The molecule has 2 saturated heterocycles. The van der Waals surface area contributed by atoms with Crippen LogP contribution in [0.2, 0.25) is 0 Å². The first kappa shape index (κ1) is 24.3. The molecule has 0 saturated carbocycles. The lowest BCUT2D eigenvalue weighted by Gasteiger charge is -2.32. The molecular weight excluding hydrogens is 463 g/mol. The molecular formula is C23H29FN4O5S. The molecule has 2 aliphatic heterocycles. The van der Waals surface area contributed by atoms with Crippen LogP contribution in [0.4, 0.5) is 4.39 Å². The summed E-state index contributed by atoms with van der Waals surface area (Å²) in [4.78, 5) is 22.9. The van der Waals surface area contributed by atoms with Gasteiger partial charge in [-0.05, 0) is 44.0 Å². The minimum atomic E-state index is -3.19. The quantitative estimate of drug-likeness (QED) is 0.610. The first-order chi connectivity index (χ1) is 16.2. The van der Waals surface area contributed by atoms with Crippen LogP contribution in [0.25, 0.3) is 0 Å². The summed E-state index contributed by atoms with van der Waals surface area (Å²) >= 11 is 0. The second kappa shape index (κ2) is 10.2. The van der Waals surface area contributed by atoms with E-state index in [0.29, 0.717) is 74.7 Å². The van der Waals surface area contributed by atoms with Crippen LogP contribution in [0.3, 0.4) is 0 Å². The van der Waals surface area contributed by atoms with E-state index >= 15 is 0 Å². The van der Waals surface area contributed by atoms with Gasteiger partial charge in [-0.3, -0.25) is 4.79 Å². The highest BCUT2D eigenvalue weighted by atomic mass is 32.2. The zero-order valence-electron chi connectivity index (χ0n) is 19.3. The van der Waals surface area contributed by atoms with Crippen molar-refractivity contribution in [2.45, 2.75) is 44.8 Å². The molecule has 0 unspecified atom stereocenters. The van der Waals surface area contributed by atoms with Gasteiger partial charge >= 0.3 is 0 Å².